The van der Waals surface area contributed by atoms with Gasteiger partial charge in [0, 0.05) is 5.56 Å². The molecule has 0 saturated heterocycles. The molecule has 1 heterocycles. The molecule has 34 heavy (non-hydrogen) atoms. The molecule has 3 aromatic carbocycles. The van der Waals surface area contributed by atoms with Crippen LogP contribution < -0.4 is 9.62 Å². The standard InChI is InChI=1S/C25H24N4O3S2/c1-17-12-14-20(15-13-17)24-27-28-25(33-24)26-23(30)16-29(22-11-7-8-18(2)19(22)3)34(31,32)21-9-5-4-6-10-21/h4-15H,16H2,1-3H3,(H,26,28,30). The zero-order valence-electron chi connectivity index (χ0n) is 19.0. The van der Waals surface area contributed by atoms with Crippen LogP contribution in [0.5, 0.6) is 0 Å². The van der Waals surface area contributed by atoms with E-state index in [9.17, 15) is 13.2 Å². The Morgan fingerprint density at radius 2 is 1.62 bits per heavy atom. The second-order valence-electron chi connectivity index (χ2n) is 7.87. The quantitative estimate of drug-likeness (QED) is 0.393. The fraction of sp³-hybridized carbons (Fsp3) is 0.160. The molecule has 4 rings (SSSR count). The van der Waals surface area contributed by atoms with Crippen LogP contribution in [0.4, 0.5) is 10.8 Å². The minimum atomic E-state index is -3.98. The van der Waals surface area contributed by atoms with E-state index in [2.05, 4.69) is 15.5 Å². The van der Waals surface area contributed by atoms with Gasteiger partial charge in [0.05, 0.1) is 10.6 Å². The van der Waals surface area contributed by atoms with Crippen molar-refractivity contribution >= 4 is 38.1 Å². The van der Waals surface area contributed by atoms with E-state index < -0.39 is 22.5 Å². The van der Waals surface area contributed by atoms with Crippen molar-refractivity contribution in [1.82, 2.24) is 10.2 Å². The lowest BCUT2D eigenvalue weighted by molar-refractivity contribution is -0.114. The number of hydrogen-bond acceptors (Lipinski definition) is 6. The predicted octanol–water partition coefficient (Wildman–Crippen LogP) is 4.96. The van der Waals surface area contributed by atoms with Crippen LogP contribution in [0.15, 0.2) is 77.7 Å². The third kappa shape index (κ3) is 5.00. The van der Waals surface area contributed by atoms with Gasteiger partial charge in [0.15, 0.2) is 0 Å². The molecule has 0 aliphatic rings. The Hall–Kier alpha value is -3.56. The first-order valence-corrected chi connectivity index (χ1v) is 12.9. The van der Waals surface area contributed by atoms with Crippen LogP contribution in [0.2, 0.25) is 0 Å². The molecule has 0 bridgehead atoms. The summed E-state index contributed by atoms with van der Waals surface area (Å²) >= 11 is 1.23. The van der Waals surface area contributed by atoms with Gasteiger partial charge in [-0.25, -0.2) is 8.42 Å². The Morgan fingerprint density at radius 3 is 2.32 bits per heavy atom. The summed E-state index contributed by atoms with van der Waals surface area (Å²) < 4.78 is 28.2. The number of aryl methyl sites for hydroxylation is 2. The fourth-order valence-corrected chi connectivity index (χ4v) is 5.67. The van der Waals surface area contributed by atoms with Gasteiger partial charge in [0.25, 0.3) is 10.0 Å². The first kappa shape index (κ1) is 23.6. The summed E-state index contributed by atoms with van der Waals surface area (Å²) in [6.07, 6.45) is 0. The van der Waals surface area contributed by atoms with E-state index in [0.29, 0.717) is 15.8 Å². The molecule has 1 amide bonds. The highest BCUT2D eigenvalue weighted by Crippen LogP contribution is 2.29. The van der Waals surface area contributed by atoms with Crippen LogP contribution >= 0.6 is 11.3 Å². The molecule has 7 nitrogen and oxygen atoms in total. The fourth-order valence-electron chi connectivity index (χ4n) is 3.40. The molecule has 174 valence electrons. The van der Waals surface area contributed by atoms with Gasteiger partial charge in [-0.2, -0.15) is 0 Å². The summed E-state index contributed by atoms with van der Waals surface area (Å²) in [6, 6.07) is 21.3. The second kappa shape index (κ2) is 9.74. The average Bonchev–Trinajstić information content (AvgIpc) is 3.29. The molecule has 0 unspecified atom stereocenters. The van der Waals surface area contributed by atoms with Crippen LogP contribution in [-0.4, -0.2) is 31.1 Å². The number of amides is 1. The van der Waals surface area contributed by atoms with Crippen molar-refractivity contribution in [1.29, 1.82) is 0 Å². The first-order chi connectivity index (χ1) is 16.3. The molecular weight excluding hydrogens is 468 g/mol. The number of aromatic nitrogens is 2. The lowest BCUT2D eigenvalue weighted by Crippen LogP contribution is -2.38. The zero-order chi connectivity index (χ0) is 24.3. The Bertz CT molecular complexity index is 1420. The summed E-state index contributed by atoms with van der Waals surface area (Å²) in [7, 11) is -3.98. The smallest absolute Gasteiger partial charge is 0.264 e. The highest BCUT2D eigenvalue weighted by atomic mass is 32.2. The summed E-state index contributed by atoms with van der Waals surface area (Å²) in [5.74, 6) is -0.507. The van der Waals surface area contributed by atoms with Crippen LogP contribution in [-0.2, 0) is 14.8 Å². The molecule has 0 spiro atoms. The highest BCUT2D eigenvalue weighted by molar-refractivity contribution is 7.92. The van der Waals surface area contributed by atoms with Crippen LogP contribution in [0.25, 0.3) is 10.6 Å². The Balaban J connectivity index is 1.61. The average molecular weight is 493 g/mol. The molecule has 1 N–H and O–H groups in total. The number of carbonyl (C=O) groups is 1. The van der Waals surface area contributed by atoms with E-state index >= 15 is 0 Å². The number of sulfonamides is 1. The molecule has 0 aliphatic heterocycles. The largest absolute Gasteiger partial charge is 0.299 e. The second-order valence-corrected chi connectivity index (χ2v) is 10.7. The number of carbonyl (C=O) groups excluding carboxylic acids is 1. The molecule has 4 aromatic rings. The van der Waals surface area contributed by atoms with Crippen molar-refractivity contribution in [3.63, 3.8) is 0 Å². The van der Waals surface area contributed by atoms with Gasteiger partial charge in [0.2, 0.25) is 11.0 Å². The molecule has 1 aromatic heterocycles. The van der Waals surface area contributed by atoms with Gasteiger partial charge >= 0.3 is 0 Å². The van der Waals surface area contributed by atoms with E-state index in [0.717, 1.165) is 26.6 Å². The van der Waals surface area contributed by atoms with Crippen molar-refractivity contribution in [2.45, 2.75) is 25.7 Å². The maximum atomic E-state index is 13.5. The van der Waals surface area contributed by atoms with Gasteiger partial charge in [-0.1, -0.05) is 71.5 Å². The molecule has 0 atom stereocenters. The van der Waals surface area contributed by atoms with Gasteiger partial charge in [-0.15, -0.1) is 10.2 Å². The van der Waals surface area contributed by atoms with Gasteiger partial charge in [0.1, 0.15) is 11.6 Å². The Kier molecular flexibility index (Phi) is 6.76. The van der Waals surface area contributed by atoms with Crippen LogP contribution in [0.1, 0.15) is 16.7 Å². The normalized spacial score (nSPS) is 11.3. The Labute approximate surface area is 203 Å². The zero-order valence-corrected chi connectivity index (χ0v) is 20.7. The lowest BCUT2D eigenvalue weighted by atomic mass is 10.1. The summed E-state index contributed by atoms with van der Waals surface area (Å²) in [5, 5.41) is 11.9. The summed E-state index contributed by atoms with van der Waals surface area (Å²) in [5.41, 5.74) is 4.20. The number of nitrogens with one attached hydrogen (secondary N) is 1. The third-order valence-electron chi connectivity index (χ3n) is 5.43. The van der Waals surface area contributed by atoms with Gasteiger partial charge in [-0.05, 0) is 50.1 Å². The number of nitrogens with zero attached hydrogens (tertiary/aromatic N) is 3. The van der Waals surface area contributed by atoms with Crippen LogP contribution in [0, 0.1) is 20.8 Å². The number of benzene rings is 3. The number of hydrogen-bond donors (Lipinski definition) is 1. The third-order valence-corrected chi connectivity index (χ3v) is 8.09. The topological polar surface area (TPSA) is 92.3 Å². The number of anilines is 2. The molecule has 9 heteroatoms. The van der Waals surface area contributed by atoms with E-state index in [1.807, 2.05) is 51.1 Å². The lowest BCUT2D eigenvalue weighted by Gasteiger charge is -2.26. The van der Waals surface area contributed by atoms with Crippen molar-refractivity contribution in [2.75, 3.05) is 16.2 Å². The van der Waals surface area contributed by atoms with Gasteiger partial charge in [-0.3, -0.25) is 14.4 Å². The van der Waals surface area contributed by atoms with E-state index in [-0.39, 0.29) is 4.90 Å². The van der Waals surface area contributed by atoms with Gasteiger partial charge < -0.3 is 0 Å². The van der Waals surface area contributed by atoms with Crippen molar-refractivity contribution in [3.8, 4) is 10.6 Å². The summed E-state index contributed by atoms with van der Waals surface area (Å²) in [4.78, 5) is 13.1. The van der Waals surface area contributed by atoms with Crippen molar-refractivity contribution < 1.29 is 13.2 Å². The van der Waals surface area contributed by atoms with Crippen molar-refractivity contribution in [2.24, 2.45) is 0 Å². The minimum Gasteiger partial charge on any atom is -0.299 e. The predicted molar refractivity (Wildman–Crippen MR) is 136 cm³/mol. The monoisotopic (exact) mass is 492 g/mol. The molecule has 0 saturated carbocycles. The van der Waals surface area contributed by atoms with E-state index in [4.69, 9.17) is 0 Å². The first-order valence-electron chi connectivity index (χ1n) is 10.6. The number of rotatable bonds is 7. The SMILES string of the molecule is Cc1ccc(-c2nnc(NC(=O)CN(c3cccc(C)c3C)S(=O)(=O)c3ccccc3)s2)cc1. The minimum absolute atomic E-state index is 0.112. The molecule has 0 aliphatic carbocycles. The van der Waals surface area contributed by atoms with E-state index in [1.165, 1.54) is 23.5 Å². The molecule has 0 fully saturated rings. The maximum absolute atomic E-state index is 13.5. The summed E-state index contributed by atoms with van der Waals surface area (Å²) in [6.45, 7) is 5.34. The highest BCUT2D eigenvalue weighted by Gasteiger charge is 2.28. The Morgan fingerprint density at radius 1 is 0.912 bits per heavy atom. The molecular formula is C25H24N4O3S2. The van der Waals surface area contributed by atoms with Crippen molar-refractivity contribution in [3.05, 3.63) is 89.5 Å². The van der Waals surface area contributed by atoms with Crippen LogP contribution in [0.3, 0.4) is 0 Å². The van der Waals surface area contributed by atoms with E-state index in [1.54, 1.807) is 30.3 Å². The molecule has 0 radical (unpaired) electrons. The maximum Gasteiger partial charge on any atom is 0.264 e.